The van der Waals surface area contributed by atoms with Crippen LogP contribution in [0.3, 0.4) is 0 Å². The molecule has 0 heterocycles. The summed E-state index contributed by atoms with van der Waals surface area (Å²) in [6.45, 7) is 3.95. The second-order valence-electron chi connectivity index (χ2n) is 3.48. The Labute approximate surface area is 126 Å². The van der Waals surface area contributed by atoms with Crippen molar-refractivity contribution in [3.05, 3.63) is 21.6 Å². The van der Waals surface area contributed by atoms with Gasteiger partial charge in [-0.3, -0.25) is 4.79 Å². The molecule has 0 radical (unpaired) electrons. The summed E-state index contributed by atoms with van der Waals surface area (Å²) in [4.78, 5) is 11.5. The van der Waals surface area contributed by atoms with E-state index in [9.17, 15) is 4.79 Å². The van der Waals surface area contributed by atoms with Crippen LogP contribution in [0.5, 0.6) is 5.75 Å². The van der Waals surface area contributed by atoms with Crippen molar-refractivity contribution in [3.8, 4) is 5.75 Å². The molecule has 0 bridgehead atoms. The van der Waals surface area contributed by atoms with Gasteiger partial charge in [-0.05, 0) is 41.9 Å². The van der Waals surface area contributed by atoms with E-state index in [0.717, 1.165) is 0 Å². The fourth-order valence-electron chi connectivity index (χ4n) is 1.19. The van der Waals surface area contributed by atoms with E-state index in [0.29, 0.717) is 27.5 Å². The summed E-state index contributed by atoms with van der Waals surface area (Å²) in [7, 11) is 0. The summed E-state index contributed by atoms with van der Waals surface area (Å²) in [5.41, 5.74) is 5.99. The van der Waals surface area contributed by atoms with E-state index in [-0.39, 0.29) is 18.3 Å². The van der Waals surface area contributed by atoms with Crippen LogP contribution in [0.4, 0.5) is 5.69 Å². The fraction of sp³-hybridized carbons (Fsp3) is 0.364. The standard InChI is InChI=1S/C11H14BrClN2O2.ClH/c1-3-17-10-8(12)4-7(13)5-9(10)15-11(16)6(2)14;/h4-6H,3,14H2,1-2H3,(H,15,16);1H/t6-;/m1./s1. The van der Waals surface area contributed by atoms with Crippen LogP contribution in [-0.4, -0.2) is 18.6 Å². The maximum atomic E-state index is 11.5. The van der Waals surface area contributed by atoms with Gasteiger partial charge >= 0.3 is 0 Å². The molecule has 0 aliphatic heterocycles. The third-order valence-electron chi connectivity index (χ3n) is 1.97. The van der Waals surface area contributed by atoms with Gasteiger partial charge in [0.1, 0.15) is 0 Å². The Bertz CT molecular complexity index is 428. The first-order valence-corrected chi connectivity index (χ1v) is 6.31. The molecular formula is C11H15BrCl2N2O2. The van der Waals surface area contributed by atoms with Crippen LogP contribution in [0, 0.1) is 0 Å². The van der Waals surface area contributed by atoms with Crippen molar-refractivity contribution in [2.24, 2.45) is 5.73 Å². The molecular weight excluding hydrogens is 343 g/mol. The van der Waals surface area contributed by atoms with Crippen molar-refractivity contribution in [1.82, 2.24) is 0 Å². The maximum absolute atomic E-state index is 11.5. The lowest BCUT2D eigenvalue weighted by atomic mass is 10.2. The van der Waals surface area contributed by atoms with E-state index >= 15 is 0 Å². The van der Waals surface area contributed by atoms with Crippen LogP contribution < -0.4 is 15.8 Å². The van der Waals surface area contributed by atoms with Crippen molar-refractivity contribution in [1.29, 1.82) is 0 Å². The maximum Gasteiger partial charge on any atom is 0.241 e. The minimum Gasteiger partial charge on any atom is -0.491 e. The first kappa shape index (κ1) is 17.5. The largest absolute Gasteiger partial charge is 0.491 e. The predicted molar refractivity (Wildman–Crippen MR) is 79.8 cm³/mol. The molecule has 0 fully saturated rings. The van der Waals surface area contributed by atoms with Gasteiger partial charge in [0.2, 0.25) is 5.91 Å². The second-order valence-corrected chi connectivity index (χ2v) is 4.77. The van der Waals surface area contributed by atoms with E-state index in [4.69, 9.17) is 22.1 Å². The molecule has 18 heavy (non-hydrogen) atoms. The van der Waals surface area contributed by atoms with Crippen LogP contribution in [-0.2, 0) is 4.79 Å². The van der Waals surface area contributed by atoms with Crippen LogP contribution in [0.2, 0.25) is 5.02 Å². The number of nitrogens with one attached hydrogen (secondary N) is 1. The van der Waals surface area contributed by atoms with Gasteiger partial charge in [-0.15, -0.1) is 12.4 Å². The number of benzene rings is 1. The molecule has 4 nitrogen and oxygen atoms in total. The number of hydrogen-bond acceptors (Lipinski definition) is 3. The summed E-state index contributed by atoms with van der Waals surface area (Å²) in [5, 5.41) is 3.17. The number of anilines is 1. The van der Waals surface area contributed by atoms with E-state index < -0.39 is 6.04 Å². The molecule has 1 rings (SSSR count). The molecule has 3 N–H and O–H groups in total. The Morgan fingerprint density at radius 2 is 2.22 bits per heavy atom. The Balaban J connectivity index is 0.00000289. The molecule has 102 valence electrons. The van der Waals surface area contributed by atoms with Crippen molar-refractivity contribution in [3.63, 3.8) is 0 Å². The monoisotopic (exact) mass is 356 g/mol. The summed E-state index contributed by atoms with van der Waals surface area (Å²) >= 11 is 9.25. The average molecular weight is 358 g/mol. The third-order valence-corrected chi connectivity index (χ3v) is 2.78. The number of rotatable bonds is 4. The molecule has 0 aliphatic carbocycles. The van der Waals surface area contributed by atoms with E-state index in [1.165, 1.54) is 0 Å². The number of amides is 1. The minimum absolute atomic E-state index is 0. The number of carbonyl (C=O) groups is 1. The highest BCUT2D eigenvalue weighted by atomic mass is 79.9. The summed E-state index contributed by atoms with van der Waals surface area (Å²) < 4.78 is 6.13. The highest BCUT2D eigenvalue weighted by Gasteiger charge is 2.14. The van der Waals surface area contributed by atoms with Crippen molar-refractivity contribution < 1.29 is 9.53 Å². The zero-order valence-corrected chi connectivity index (χ0v) is 13.2. The summed E-state index contributed by atoms with van der Waals surface area (Å²) in [6, 6.07) is 2.73. The normalized spacial score (nSPS) is 11.4. The Kier molecular flexibility index (Phi) is 7.62. The molecule has 1 atom stereocenters. The van der Waals surface area contributed by atoms with Gasteiger partial charge in [-0.1, -0.05) is 11.6 Å². The highest BCUT2D eigenvalue weighted by molar-refractivity contribution is 9.10. The zero-order valence-electron chi connectivity index (χ0n) is 10.00. The van der Waals surface area contributed by atoms with Crippen molar-refractivity contribution in [2.75, 3.05) is 11.9 Å². The first-order chi connectivity index (χ1) is 7.95. The Morgan fingerprint density at radius 1 is 1.61 bits per heavy atom. The first-order valence-electron chi connectivity index (χ1n) is 5.14. The lowest BCUT2D eigenvalue weighted by Crippen LogP contribution is -2.32. The zero-order chi connectivity index (χ0) is 13.0. The van der Waals surface area contributed by atoms with Crippen LogP contribution >= 0.6 is 39.9 Å². The van der Waals surface area contributed by atoms with E-state index in [1.54, 1.807) is 19.1 Å². The molecule has 0 aromatic heterocycles. The van der Waals surface area contributed by atoms with Crippen molar-refractivity contribution >= 4 is 51.5 Å². The smallest absolute Gasteiger partial charge is 0.241 e. The minimum atomic E-state index is -0.595. The SMILES string of the molecule is CCOc1c(Br)cc(Cl)cc1NC(=O)[C@@H](C)N.Cl. The van der Waals surface area contributed by atoms with Crippen LogP contribution in [0.1, 0.15) is 13.8 Å². The topological polar surface area (TPSA) is 64.3 Å². The molecule has 0 saturated heterocycles. The molecule has 0 unspecified atom stereocenters. The average Bonchev–Trinajstić information content (AvgIpc) is 2.22. The highest BCUT2D eigenvalue weighted by Crippen LogP contribution is 2.36. The molecule has 0 aliphatic rings. The molecule has 0 spiro atoms. The Morgan fingerprint density at radius 3 is 2.72 bits per heavy atom. The van der Waals surface area contributed by atoms with Gasteiger partial charge in [0, 0.05) is 5.02 Å². The van der Waals surface area contributed by atoms with Gasteiger partial charge in [0.25, 0.3) is 0 Å². The van der Waals surface area contributed by atoms with Gasteiger partial charge in [0.05, 0.1) is 22.8 Å². The molecule has 0 saturated carbocycles. The third kappa shape index (κ3) is 4.65. The summed E-state index contributed by atoms with van der Waals surface area (Å²) in [5.74, 6) is 0.256. The van der Waals surface area contributed by atoms with Gasteiger partial charge < -0.3 is 15.8 Å². The second kappa shape index (κ2) is 7.84. The van der Waals surface area contributed by atoms with Gasteiger partial charge in [-0.2, -0.15) is 0 Å². The van der Waals surface area contributed by atoms with Gasteiger partial charge in [0.15, 0.2) is 5.75 Å². The quantitative estimate of drug-likeness (QED) is 0.869. The van der Waals surface area contributed by atoms with E-state index in [2.05, 4.69) is 21.2 Å². The van der Waals surface area contributed by atoms with Crippen LogP contribution in [0.15, 0.2) is 16.6 Å². The predicted octanol–water partition coefficient (Wildman–Crippen LogP) is 3.21. The molecule has 1 aromatic carbocycles. The molecule has 1 amide bonds. The molecule has 7 heteroatoms. The van der Waals surface area contributed by atoms with Crippen molar-refractivity contribution in [2.45, 2.75) is 19.9 Å². The molecule has 1 aromatic rings. The fourth-order valence-corrected chi connectivity index (χ4v) is 2.12. The van der Waals surface area contributed by atoms with Crippen LogP contribution in [0.25, 0.3) is 0 Å². The number of carbonyl (C=O) groups excluding carboxylic acids is 1. The number of nitrogens with two attached hydrogens (primary N) is 1. The Hall–Kier alpha value is -0.490. The lowest BCUT2D eigenvalue weighted by molar-refractivity contribution is -0.117. The lowest BCUT2D eigenvalue weighted by Gasteiger charge is -2.14. The van der Waals surface area contributed by atoms with E-state index in [1.807, 2.05) is 6.92 Å². The van der Waals surface area contributed by atoms with Gasteiger partial charge in [-0.25, -0.2) is 0 Å². The summed E-state index contributed by atoms with van der Waals surface area (Å²) in [6.07, 6.45) is 0. The number of halogens is 3. The number of hydrogen-bond donors (Lipinski definition) is 2. The number of ether oxygens (including phenoxy) is 1.